The summed E-state index contributed by atoms with van der Waals surface area (Å²) in [6.07, 6.45) is 2.79. The van der Waals surface area contributed by atoms with E-state index in [2.05, 4.69) is 44.3 Å². The second kappa shape index (κ2) is 5.54. The van der Waals surface area contributed by atoms with Gasteiger partial charge in [0.25, 0.3) is 0 Å². The zero-order chi connectivity index (χ0) is 12.3. The van der Waals surface area contributed by atoms with E-state index in [1.807, 2.05) is 6.07 Å². The predicted molar refractivity (Wildman–Crippen MR) is 71.6 cm³/mol. The van der Waals surface area contributed by atoms with Gasteiger partial charge in [-0.05, 0) is 57.2 Å². The van der Waals surface area contributed by atoms with E-state index >= 15 is 0 Å². The minimum Gasteiger partial charge on any atom is -0.491 e. The molecule has 2 rings (SSSR count). The number of hydrogen-bond acceptors (Lipinski definition) is 2. The minimum absolute atomic E-state index is 0.245. The Morgan fingerprint density at radius 1 is 1.29 bits per heavy atom. The van der Waals surface area contributed by atoms with Crippen LogP contribution in [-0.2, 0) is 0 Å². The maximum Gasteiger partial charge on any atom is 0.119 e. The first-order chi connectivity index (χ1) is 8.15. The van der Waals surface area contributed by atoms with Crippen LogP contribution in [0.2, 0.25) is 0 Å². The molecule has 0 aromatic heterocycles. The molecule has 2 nitrogen and oxygen atoms in total. The van der Waals surface area contributed by atoms with Gasteiger partial charge in [-0.3, -0.25) is 0 Å². The fourth-order valence-electron chi connectivity index (χ4n) is 2.40. The van der Waals surface area contributed by atoms with Gasteiger partial charge < -0.3 is 10.1 Å². The molecule has 2 heteroatoms. The Balaban J connectivity index is 2.05. The maximum absolute atomic E-state index is 5.75. The van der Waals surface area contributed by atoms with Crippen LogP contribution in [0.5, 0.6) is 5.75 Å². The largest absolute Gasteiger partial charge is 0.491 e. The summed E-state index contributed by atoms with van der Waals surface area (Å²) in [5.41, 5.74) is 1.41. The van der Waals surface area contributed by atoms with Crippen LogP contribution < -0.4 is 10.1 Å². The average molecular weight is 233 g/mol. The van der Waals surface area contributed by atoms with Gasteiger partial charge in [0.15, 0.2) is 0 Å². The summed E-state index contributed by atoms with van der Waals surface area (Å²) in [7, 11) is 0. The lowest BCUT2D eigenvalue weighted by Crippen LogP contribution is -2.35. The Morgan fingerprint density at radius 3 is 2.76 bits per heavy atom. The number of piperidine rings is 1. The lowest BCUT2D eigenvalue weighted by Gasteiger charge is -2.28. The third-order valence-electron chi connectivity index (χ3n) is 3.36. The summed E-state index contributed by atoms with van der Waals surface area (Å²) < 4.78 is 5.75. The highest BCUT2D eigenvalue weighted by Gasteiger charge is 2.19. The minimum atomic E-state index is 0.245. The molecule has 0 aliphatic carbocycles. The van der Waals surface area contributed by atoms with E-state index in [4.69, 9.17) is 4.74 Å². The molecule has 1 N–H and O–H groups in total. The van der Waals surface area contributed by atoms with Gasteiger partial charge in [-0.2, -0.15) is 0 Å². The first-order valence-corrected chi connectivity index (χ1v) is 6.65. The van der Waals surface area contributed by atoms with Crippen molar-refractivity contribution in [1.29, 1.82) is 0 Å². The molecule has 1 heterocycles. The first kappa shape index (κ1) is 12.4. The van der Waals surface area contributed by atoms with Crippen molar-refractivity contribution in [3.05, 3.63) is 29.8 Å². The Hall–Kier alpha value is -1.02. The van der Waals surface area contributed by atoms with E-state index < -0.39 is 0 Å². The zero-order valence-corrected chi connectivity index (χ0v) is 11.1. The number of hydrogen-bond donors (Lipinski definition) is 1. The topological polar surface area (TPSA) is 21.3 Å². The average Bonchev–Trinajstić information content (AvgIpc) is 2.29. The van der Waals surface area contributed by atoms with E-state index in [-0.39, 0.29) is 6.10 Å². The summed E-state index contributed by atoms with van der Waals surface area (Å²) in [6.45, 7) is 7.48. The van der Waals surface area contributed by atoms with Crippen LogP contribution in [0.15, 0.2) is 24.3 Å². The van der Waals surface area contributed by atoms with E-state index in [1.165, 1.54) is 18.4 Å². The van der Waals surface area contributed by atoms with Crippen molar-refractivity contribution < 1.29 is 4.74 Å². The SMILES string of the molecule is CC1CCC(c2cccc(OC(C)C)c2)CN1. The number of rotatable bonds is 3. The second-order valence-electron chi connectivity index (χ2n) is 5.32. The van der Waals surface area contributed by atoms with Crippen molar-refractivity contribution in [1.82, 2.24) is 5.32 Å². The normalized spacial score (nSPS) is 24.9. The van der Waals surface area contributed by atoms with Crippen molar-refractivity contribution in [2.24, 2.45) is 0 Å². The van der Waals surface area contributed by atoms with Gasteiger partial charge >= 0.3 is 0 Å². The fraction of sp³-hybridized carbons (Fsp3) is 0.600. The molecule has 94 valence electrons. The number of ether oxygens (including phenoxy) is 1. The van der Waals surface area contributed by atoms with Gasteiger partial charge in [-0.15, -0.1) is 0 Å². The number of nitrogens with one attached hydrogen (secondary N) is 1. The van der Waals surface area contributed by atoms with E-state index in [9.17, 15) is 0 Å². The van der Waals surface area contributed by atoms with Gasteiger partial charge in [0, 0.05) is 12.6 Å². The smallest absolute Gasteiger partial charge is 0.119 e. The molecule has 0 spiro atoms. The summed E-state index contributed by atoms with van der Waals surface area (Å²) in [6, 6.07) is 9.23. The van der Waals surface area contributed by atoms with Crippen LogP contribution in [0.25, 0.3) is 0 Å². The molecule has 1 saturated heterocycles. The number of benzene rings is 1. The van der Waals surface area contributed by atoms with Crippen molar-refractivity contribution in [2.45, 2.75) is 51.7 Å². The molecular weight excluding hydrogens is 210 g/mol. The molecule has 0 amide bonds. The quantitative estimate of drug-likeness (QED) is 0.864. The van der Waals surface area contributed by atoms with Gasteiger partial charge in [-0.25, -0.2) is 0 Å². The Labute approximate surface area is 104 Å². The van der Waals surface area contributed by atoms with Crippen molar-refractivity contribution in [2.75, 3.05) is 6.54 Å². The highest BCUT2D eigenvalue weighted by atomic mass is 16.5. The summed E-state index contributed by atoms with van der Waals surface area (Å²) in [4.78, 5) is 0. The van der Waals surface area contributed by atoms with E-state index in [0.29, 0.717) is 12.0 Å². The standard InChI is InChI=1S/C15H23NO/c1-11(2)17-15-6-4-5-13(9-15)14-8-7-12(3)16-10-14/h4-6,9,11-12,14,16H,7-8,10H2,1-3H3. The lowest BCUT2D eigenvalue weighted by molar-refractivity contribution is 0.242. The highest BCUT2D eigenvalue weighted by Crippen LogP contribution is 2.27. The van der Waals surface area contributed by atoms with Crippen LogP contribution in [0.4, 0.5) is 0 Å². The lowest BCUT2D eigenvalue weighted by atomic mass is 9.89. The van der Waals surface area contributed by atoms with E-state index in [0.717, 1.165) is 12.3 Å². The van der Waals surface area contributed by atoms with Crippen LogP contribution in [0.3, 0.4) is 0 Å². The Morgan fingerprint density at radius 2 is 2.12 bits per heavy atom. The Kier molecular flexibility index (Phi) is 4.06. The molecule has 1 aromatic carbocycles. The maximum atomic E-state index is 5.75. The van der Waals surface area contributed by atoms with Crippen molar-refractivity contribution in [3.63, 3.8) is 0 Å². The third kappa shape index (κ3) is 3.47. The molecule has 17 heavy (non-hydrogen) atoms. The molecule has 0 radical (unpaired) electrons. The zero-order valence-electron chi connectivity index (χ0n) is 11.1. The third-order valence-corrected chi connectivity index (χ3v) is 3.36. The second-order valence-corrected chi connectivity index (χ2v) is 5.32. The van der Waals surface area contributed by atoms with Crippen LogP contribution in [0.1, 0.15) is 45.1 Å². The summed E-state index contributed by atoms with van der Waals surface area (Å²) >= 11 is 0. The molecule has 1 fully saturated rings. The van der Waals surface area contributed by atoms with Gasteiger partial charge in [0.2, 0.25) is 0 Å². The fourth-order valence-corrected chi connectivity index (χ4v) is 2.40. The van der Waals surface area contributed by atoms with Gasteiger partial charge in [0.1, 0.15) is 5.75 Å². The van der Waals surface area contributed by atoms with Gasteiger partial charge in [0.05, 0.1) is 6.10 Å². The summed E-state index contributed by atoms with van der Waals surface area (Å²) in [5, 5.41) is 3.55. The molecule has 0 saturated carbocycles. The van der Waals surface area contributed by atoms with Crippen molar-refractivity contribution >= 4 is 0 Å². The molecule has 0 bridgehead atoms. The predicted octanol–water partition coefficient (Wildman–Crippen LogP) is 3.33. The highest BCUT2D eigenvalue weighted by molar-refractivity contribution is 5.31. The molecule has 1 aliphatic heterocycles. The molecule has 2 atom stereocenters. The monoisotopic (exact) mass is 233 g/mol. The van der Waals surface area contributed by atoms with Crippen LogP contribution in [0, 0.1) is 0 Å². The molecule has 1 aliphatic rings. The Bertz CT molecular complexity index is 354. The van der Waals surface area contributed by atoms with Gasteiger partial charge in [-0.1, -0.05) is 12.1 Å². The molecule has 2 unspecified atom stereocenters. The van der Waals surface area contributed by atoms with Crippen LogP contribution >= 0.6 is 0 Å². The first-order valence-electron chi connectivity index (χ1n) is 6.65. The van der Waals surface area contributed by atoms with Crippen molar-refractivity contribution in [3.8, 4) is 5.75 Å². The van der Waals surface area contributed by atoms with E-state index in [1.54, 1.807) is 0 Å². The summed E-state index contributed by atoms with van der Waals surface area (Å²) in [5.74, 6) is 1.64. The molecule has 1 aromatic rings. The molecular formula is C15H23NO. The van der Waals surface area contributed by atoms with Crippen LogP contribution in [-0.4, -0.2) is 18.7 Å².